The molecular weight excluding hydrogens is 1400 g/mol. The molecule has 0 bridgehead atoms. The van der Waals surface area contributed by atoms with E-state index in [4.69, 9.17) is 33.0 Å². The van der Waals surface area contributed by atoms with Crippen molar-refractivity contribution in [3.05, 3.63) is 236 Å². The molecule has 0 spiro atoms. The van der Waals surface area contributed by atoms with Crippen LogP contribution in [0.1, 0.15) is 190 Å². The zero-order chi connectivity index (χ0) is 76.2. The van der Waals surface area contributed by atoms with Gasteiger partial charge in [-0.15, -0.1) is 0 Å². The van der Waals surface area contributed by atoms with Crippen LogP contribution in [0.2, 0.25) is 10.0 Å². The van der Waals surface area contributed by atoms with E-state index in [9.17, 15) is 24.0 Å². The number of ether oxygens (including phenoxy) is 1. The molecule has 23 heteroatoms. The second-order valence-electron chi connectivity index (χ2n) is 28.3. The summed E-state index contributed by atoms with van der Waals surface area (Å²) in [4.78, 5) is 73.1. The number of likely N-dealkylation sites (tertiary alicyclic amines) is 4. The second-order valence-corrected chi connectivity index (χ2v) is 29.2. The lowest BCUT2D eigenvalue weighted by atomic mass is 10.0. The van der Waals surface area contributed by atoms with Crippen molar-refractivity contribution in [2.24, 2.45) is 5.92 Å². The Labute approximate surface area is 645 Å². The first-order chi connectivity index (χ1) is 52.5. The van der Waals surface area contributed by atoms with Gasteiger partial charge in [-0.1, -0.05) is 150 Å². The predicted molar refractivity (Wildman–Crippen MR) is 425 cm³/mol. The maximum atomic E-state index is 13.0. The molecule has 10 heterocycles. The number of amides is 5. The van der Waals surface area contributed by atoms with E-state index in [1.54, 1.807) is 34.2 Å². The Kier molecular flexibility index (Phi) is 28.0. The Bertz CT molecular complexity index is 4640. The summed E-state index contributed by atoms with van der Waals surface area (Å²) in [6.45, 7) is 26.0. The van der Waals surface area contributed by atoms with Gasteiger partial charge in [-0.2, -0.15) is 25.5 Å². The van der Waals surface area contributed by atoms with Gasteiger partial charge in [-0.05, 0) is 164 Å². The van der Waals surface area contributed by atoms with Crippen LogP contribution in [0.25, 0.3) is 28.4 Å². The van der Waals surface area contributed by atoms with E-state index in [0.29, 0.717) is 59.0 Å². The number of para-hydroxylation sites is 5. The van der Waals surface area contributed by atoms with Crippen LogP contribution in [-0.2, 0) is 30.4 Å². The normalized spacial score (nSPS) is 14.8. The van der Waals surface area contributed by atoms with Crippen molar-refractivity contribution in [1.29, 1.82) is 0 Å². The fraction of sp³-hybridized carbons (Fsp3) is 0.412. The molecule has 108 heavy (non-hydrogen) atoms. The summed E-state index contributed by atoms with van der Waals surface area (Å²) in [7, 11) is 0. The second kappa shape index (κ2) is 38.2. The van der Waals surface area contributed by atoms with Crippen molar-refractivity contribution in [1.82, 2.24) is 73.4 Å². The minimum Gasteiger partial charge on any atom is -0.378 e. The molecule has 0 atom stereocenters. The molecule has 5 saturated heterocycles. The summed E-state index contributed by atoms with van der Waals surface area (Å²) in [6, 6.07) is 43.2. The maximum absolute atomic E-state index is 13.0. The highest BCUT2D eigenvalue weighted by Crippen LogP contribution is 2.30. The van der Waals surface area contributed by atoms with E-state index in [1.165, 1.54) is 5.56 Å². The van der Waals surface area contributed by atoms with E-state index in [1.807, 2.05) is 181 Å². The molecule has 0 saturated carbocycles. The van der Waals surface area contributed by atoms with Crippen LogP contribution in [0, 0.1) is 26.7 Å². The van der Waals surface area contributed by atoms with Crippen LogP contribution in [0.5, 0.6) is 0 Å². The zero-order valence-electron chi connectivity index (χ0n) is 63.9. The molecule has 5 fully saturated rings. The smallest absolute Gasteiger partial charge is 0.257 e. The first kappa shape index (κ1) is 79.1. The lowest BCUT2D eigenvalue weighted by Gasteiger charge is -2.26. The number of benzene rings is 5. The SMILES string of the molecule is CCCc1c(C(=O)N2CCCC2)cnn1-c1ccccc1C.CCCc1c(C(=O)N2CCOCC2)cnn1-c1ccccc1Cl.CCc1c(C(=O)N2CCCC2)cnn1-c1ccccc1Cl.Cc1c(C(=O)N2CCCC2)c(CC(C)C)nn1-c1ccccc1.Cc1c(C(=O)N2CCCC2)cnn1-c1ccccc1. The average molecular weight is 1500 g/mol. The monoisotopic (exact) mass is 1500 g/mol. The molecule has 10 aromatic rings. The Hall–Kier alpha value is -9.96. The van der Waals surface area contributed by atoms with E-state index in [-0.39, 0.29) is 29.5 Å². The molecule has 5 aromatic carbocycles. The zero-order valence-corrected chi connectivity index (χ0v) is 65.4. The molecule has 5 amide bonds. The topological polar surface area (TPSA) is 200 Å². The molecular formula is C85H103Cl2N15O6. The molecule has 568 valence electrons. The number of hydrogen-bond donors (Lipinski definition) is 0. The molecule has 0 radical (unpaired) electrons. The Morgan fingerprint density at radius 3 is 1.18 bits per heavy atom. The standard InChI is InChI=1S/C19H25N3O.C18H23N3O.C17H20ClN3O2.C16H18ClN3O.C15H17N3O/c1-14(2)13-17-18(19(23)21-11-7-8-12-21)15(3)22(20-17)16-9-5-4-6-10-16;1-3-8-17-15(18(22)20-11-6-7-12-20)13-19-21(17)16-10-5-4-9-14(16)2;1-2-5-15-13(17(22)20-8-10-23-11-9-20)12-19-21(15)16-7-4-3-6-14(16)18;1-2-14-12(16(21)19-9-5-6-10-19)11-18-20(14)15-8-4-3-7-13(15)17;1-12-14(15(19)17-9-5-6-10-17)11-16-18(12)13-7-3-2-4-8-13/h4-6,9-10,14H,7-8,11-13H2,1-3H3;4-5,9-10,13H,3,6-8,11-12H2,1-2H3;3-4,6-7,12H,2,5,8-11H2,1H3;3-4,7-8,11H,2,5-6,9-10H2,1H3;2-4,7-8,11H,5-6,9-10H2,1H3. The number of carbonyl (C=O) groups excluding carboxylic acids is 5. The number of morpholine rings is 1. The lowest BCUT2D eigenvalue weighted by Crippen LogP contribution is -2.40. The molecule has 0 unspecified atom stereocenters. The van der Waals surface area contributed by atoms with Gasteiger partial charge in [0, 0.05) is 65.4 Å². The summed E-state index contributed by atoms with van der Waals surface area (Å²) in [5.74, 6) is 0.979. The summed E-state index contributed by atoms with van der Waals surface area (Å²) in [5.41, 5.74) is 15.1. The van der Waals surface area contributed by atoms with Gasteiger partial charge in [-0.3, -0.25) is 24.0 Å². The average Bonchev–Trinajstić information content (AvgIpc) is 1.65. The van der Waals surface area contributed by atoms with Crippen LogP contribution >= 0.6 is 23.2 Å². The maximum Gasteiger partial charge on any atom is 0.257 e. The summed E-state index contributed by atoms with van der Waals surface area (Å²) < 4.78 is 14.6. The van der Waals surface area contributed by atoms with Gasteiger partial charge in [-0.25, -0.2) is 23.4 Å². The number of hydrogen-bond acceptors (Lipinski definition) is 11. The van der Waals surface area contributed by atoms with Gasteiger partial charge < -0.3 is 29.2 Å². The van der Waals surface area contributed by atoms with Crippen LogP contribution in [0.3, 0.4) is 0 Å². The van der Waals surface area contributed by atoms with E-state index in [0.717, 1.165) is 216 Å². The van der Waals surface area contributed by atoms with Crippen LogP contribution in [-0.4, -0.2) is 182 Å². The summed E-state index contributed by atoms with van der Waals surface area (Å²) in [6.07, 6.45) is 20.7. The molecule has 5 aliphatic rings. The Morgan fingerprint density at radius 2 is 0.750 bits per heavy atom. The fourth-order valence-electron chi connectivity index (χ4n) is 14.5. The number of aryl methyl sites for hydroxylation is 1. The molecule has 15 rings (SSSR count). The molecule has 5 aliphatic heterocycles. The number of carbonyl (C=O) groups is 5. The first-order valence-electron chi connectivity index (χ1n) is 38.6. The number of rotatable bonds is 17. The third-order valence-corrected chi connectivity index (χ3v) is 20.9. The highest BCUT2D eigenvalue weighted by atomic mass is 35.5. The first-order valence-corrected chi connectivity index (χ1v) is 39.3. The largest absolute Gasteiger partial charge is 0.378 e. The third kappa shape index (κ3) is 18.8. The number of nitrogens with zero attached hydrogens (tertiary/aromatic N) is 15. The minimum atomic E-state index is 0.0232. The quantitative estimate of drug-likeness (QED) is 0.0840. The number of halogens is 2. The van der Waals surface area contributed by atoms with Gasteiger partial charge >= 0.3 is 0 Å². The van der Waals surface area contributed by atoms with Gasteiger partial charge in [0.25, 0.3) is 29.5 Å². The molecule has 0 N–H and O–H groups in total. The van der Waals surface area contributed by atoms with Crippen molar-refractivity contribution >= 4 is 52.7 Å². The fourth-order valence-corrected chi connectivity index (χ4v) is 15.0. The third-order valence-electron chi connectivity index (χ3n) is 20.2. The lowest BCUT2D eigenvalue weighted by molar-refractivity contribution is 0.0302. The van der Waals surface area contributed by atoms with E-state index >= 15 is 0 Å². The van der Waals surface area contributed by atoms with Gasteiger partial charge in [0.15, 0.2) is 0 Å². The van der Waals surface area contributed by atoms with Crippen molar-refractivity contribution < 1.29 is 28.7 Å². The minimum absolute atomic E-state index is 0.0232. The molecule has 21 nitrogen and oxygen atoms in total. The highest BCUT2D eigenvalue weighted by Gasteiger charge is 2.31. The molecule has 0 aliphatic carbocycles. The predicted octanol–water partition coefficient (Wildman–Crippen LogP) is 15.7. The van der Waals surface area contributed by atoms with Gasteiger partial charge in [0.05, 0.1) is 138 Å². The van der Waals surface area contributed by atoms with E-state index in [2.05, 4.69) is 67.1 Å². The highest BCUT2D eigenvalue weighted by molar-refractivity contribution is 6.32. The van der Waals surface area contributed by atoms with Crippen LogP contribution in [0.15, 0.2) is 158 Å². The van der Waals surface area contributed by atoms with Crippen LogP contribution < -0.4 is 0 Å². The molecule has 5 aromatic heterocycles. The van der Waals surface area contributed by atoms with Crippen molar-refractivity contribution in [2.45, 2.75) is 145 Å². The van der Waals surface area contributed by atoms with Crippen molar-refractivity contribution in [3.63, 3.8) is 0 Å². The summed E-state index contributed by atoms with van der Waals surface area (Å²) in [5, 5.41) is 23.7. The van der Waals surface area contributed by atoms with E-state index < -0.39 is 0 Å². The summed E-state index contributed by atoms with van der Waals surface area (Å²) >= 11 is 12.5. The van der Waals surface area contributed by atoms with Gasteiger partial charge in [0.1, 0.15) is 0 Å². The van der Waals surface area contributed by atoms with Crippen molar-refractivity contribution in [3.8, 4) is 28.4 Å². The van der Waals surface area contributed by atoms with Gasteiger partial charge in [0.2, 0.25) is 0 Å². The Balaban J connectivity index is 0.000000134. The Morgan fingerprint density at radius 1 is 0.398 bits per heavy atom. The van der Waals surface area contributed by atoms with Crippen LogP contribution in [0.4, 0.5) is 0 Å². The van der Waals surface area contributed by atoms with Crippen molar-refractivity contribution in [2.75, 3.05) is 78.7 Å². The number of aromatic nitrogens is 10.